The lowest BCUT2D eigenvalue weighted by Gasteiger charge is -2.47. The van der Waals surface area contributed by atoms with Crippen LogP contribution in [-0.2, 0) is 65.2 Å². The van der Waals surface area contributed by atoms with E-state index in [0.29, 0.717) is 45.1 Å². The number of aliphatic hydroxyl groups excluding tert-OH is 1. The SMILES string of the molecule is CCC1/C=C(\C)CC(C)CC(OC)C2OC(O)(C(=O)C(=O)N3CCCCC3C(=O)OC(C(C)=CC3CCC(OCc4cccc(CO)c4)C(OC)C3)C(C)C(O[Si](C)(C)C(C)(C)C)CC1=O)C(C)CC2OC. The van der Waals surface area contributed by atoms with Gasteiger partial charge in [0.1, 0.15) is 24.0 Å². The number of ketones is 2. The number of rotatable bonds is 12. The smallest absolute Gasteiger partial charge is 0.329 e. The fourth-order valence-electron chi connectivity index (χ4n) is 11.3. The highest BCUT2D eigenvalue weighted by Crippen LogP contribution is 2.42. The van der Waals surface area contributed by atoms with Gasteiger partial charge >= 0.3 is 5.97 Å². The molecule has 0 radical (unpaired) electrons. The molecule has 1 amide bonds. The Labute approximate surface area is 432 Å². The van der Waals surface area contributed by atoms with Crippen molar-refractivity contribution in [3.8, 4) is 0 Å². The van der Waals surface area contributed by atoms with Crippen LogP contribution >= 0.6 is 0 Å². The number of benzene rings is 1. The number of Topliss-reactive ketones (excluding diaryl/α,β-unsaturated/α-hetero) is 2. The number of hydrogen-bond acceptors (Lipinski definition) is 13. The molecule has 2 bridgehead atoms. The molecule has 1 aromatic rings. The topological polar surface area (TPSA) is 177 Å². The Morgan fingerprint density at radius 3 is 2.19 bits per heavy atom. The molecule has 1 saturated carbocycles. The first-order valence-corrected chi connectivity index (χ1v) is 29.7. The summed E-state index contributed by atoms with van der Waals surface area (Å²) in [5.74, 6) is -6.92. The fraction of sp³-hybridized carbons (Fsp3) is 0.754. The van der Waals surface area contributed by atoms with E-state index in [0.717, 1.165) is 35.1 Å². The maximum absolute atomic E-state index is 15.0. The summed E-state index contributed by atoms with van der Waals surface area (Å²) in [5.41, 5.74) is 3.63. The third-order valence-electron chi connectivity index (χ3n) is 16.7. The van der Waals surface area contributed by atoms with E-state index in [9.17, 15) is 24.6 Å². The Hall–Kier alpha value is -3.12. The van der Waals surface area contributed by atoms with Crippen LogP contribution in [0.4, 0.5) is 0 Å². The Bertz CT molecular complexity index is 2050. The number of carbonyl (C=O) groups excluding carboxylic acids is 4. The van der Waals surface area contributed by atoms with E-state index in [2.05, 4.69) is 52.9 Å². The van der Waals surface area contributed by atoms with Gasteiger partial charge in [-0.15, -0.1) is 0 Å². The second-order valence-corrected chi connectivity index (χ2v) is 28.0. The molecular formula is C57H91NO13Si. The average Bonchev–Trinajstić information content (AvgIpc) is 3.34. The van der Waals surface area contributed by atoms with Crippen molar-refractivity contribution < 1.29 is 62.2 Å². The molecule has 4 aliphatic rings. The average molecular weight is 1030 g/mol. The normalized spacial score (nSPS) is 35.4. The number of aliphatic hydroxyl groups is 2. The molecule has 3 fully saturated rings. The maximum atomic E-state index is 15.0. The molecule has 1 aliphatic carbocycles. The summed E-state index contributed by atoms with van der Waals surface area (Å²) >= 11 is 0. The van der Waals surface area contributed by atoms with E-state index in [-0.39, 0.29) is 73.2 Å². The number of ether oxygens (including phenoxy) is 6. The number of fused-ring (bicyclic) bond motifs is 3. The van der Waals surface area contributed by atoms with Gasteiger partial charge in [0.2, 0.25) is 5.79 Å². The first-order valence-electron chi connectivity index (χ1n) is 26.8. The van der Waals surface area contributed by atoms with Gasteiger partial charge in [-0.05, 0) is 125 Å². The van der Waals surface area contributed by atoms with Crippen LogP contribution in [0.3, 0.4) is 0 Å². The van der Waals surface area contributed by atoms with Gasteiger partial charge in [0, 0.05) is 52.0 Å². The van der Waals surface area contributed by atoms with Gasteiger partial charge in [-0.25, -0.2) is 4.79 Å². The van der Waals surface area contributed by atoms with Gasteiger partial charge in [-0.1, -0.05) is 90.5 Å². The van der Waals surface area contributed by atoms with Crippen LogP contribution in [-0.4, -0.2) is 129 Å². The van der Waals surface area contributed by atoms with E-state index in [4.69, 9.17) is 32.8 Å². The molecule has 3 heterocycles. The van der Waals surface area contributed by atoms with Gasteiger partial charge in [0.25, 0.3) is 11.7 Å². The molecule has 406 valence electrons. The molecule has 3 aliphatic heterocycles. The van der Waals surface area contributed by atoms with Gasteiger partial charge in [0.05, 0.1) is 43.7 Å². The van der Waals surface area contributed by atoms with Crippen LogP contribution in [0.5, 0.6) is 0 Å². The monoisotopic (exact) mass is 1030 g/mol. The van der Waals surface area contributed by atoms with E-state index in [1.807, 2.05) is 52.0 Å². The summed E-state index contributed by atoms with van der Waals surface area (Å²) in [6.45, 7) is 23.1. The summed E-state index contributed by atoms with van der Waals surface area (Å²) in [5, 5.41) is 21.7. The van der Waals surface area contributed by atoms with Crippen molar-refractivity contribution in [1.29, 1.82) is 0 Å². The van der Waals surface area contributed by atoms with Crippen LogP contribution < -0.4 is 0 Å². The zero-order valence-electron chi connectivity index (χ0n) is 46.2. The number of piperidine rings is 1. The molecule has 0 spiro atoms. The molecule has 72 heavy (non-hydrogen) atoms. The molecule has 15 heteroatoms. The Kier molecular flexibility index (Phi) is 21.6. The zero-order chi connectivity index (χ0) is 53.3. The quantitative estimate of drug-likeness (QED) is 0.0878. The molecule has 1 aromatic carbocycles. The van der Waals surface area contributed by atoms with Crippen molar-refractivity contribution in [3.05, 3.63) is 58.7 Å². The van der Waals surface area contributed by atoms with Gasteiger partial charge in [-0.3, -0.25) is 14.4 Å². The van der Waals surface area contributed by atoms with Crippen LogP contribution in [0.15, 0.2) is 47.6 Å². The van der Waals surface area contributed by atoms with E-state index >= 15 is 4.79 Å². The maximum Gasteiger partial charge on any atom is 0.329 e. The molecule has 14 nitrogen and oxygen atoms in total. The van der Waals surface area contributed by atoms with E-state index < -0.39 is 80.2 Å². The molecular weight excluding hydrogens is 935 g/mol. The highest BCUT2D eigenvalue weighted by Gasteiger charge is 2.57. The lowest BCUT2D eigenvalue weighted by atomic mass is 9.81. The fourth-order valence-corrected chi connectivity index (χ4v) is 12.7. The van der Waals surface area contributed by atoms with Crippen LogP contribution in [0.1, 0.15) is 144 Å². The zero-order valence-corrected chi connectivity index (χ0v) is 47.2. The highest BCUT2D eigenvalue weighted by molar-refractivity contribution is 6.74. The minimum atomic E-state index is -2.56. The summed E-state index contributed by atoms with van der Waals surface area (Å²) in [6.07, 6.45) is 5.96. The Balaban J connectivity index is 1.57. The number of hydrogen-bond donors (Lipinski definition) is 2. The second-order valence-electron chi connectivity index (χ2n) is 23.3. The minimum Gasteiger partial charge on any atom is -0.456 e. The number of esters is 1. The van der Waals surface area contributed by atoms with Crippen LogP contribution in [0.25, 0.3) is 0 Å². The van der Waals surface area contributed by atoms with Gasteiger partial charge in [-0.2, -0.15) is 0 Å². The summed E-state index contributed by atoms with van der Waals surface area (Å²) in [6, 6.07) is 6.60. The van der Waals surface area contributed by atoms with Gasteiger partial charge < -0.3 is 48.0 Å². The van der Waals surface area contributed by atoms with E-state index in [1.54, 1.807) is 28.3 Å². The lowest BCUT2D eigenvalue weighted by molar-refractivity contribution is -0.302. The molecule has 14 atom stereocenters. The largest absolute Gasteiger partial charge is 0.456 e. The Morgan fingerprint density at radius 2 is 1.56 bits per heavy atom. The number of nitrogens with zero attached hydrogens (tertiary/aromatic N) is 1. The van der Waals surface area contributed by atoms with Crippen molar-refractivity contribution in [3.63, 3.8) is 0 Å². The summed E-state index contributed by atoms with van der Waals surface area (Å²) in [4.78, 5) is 60.3. The van der Waals surface area contributed by atoms with Gasteiger partial charge in [0.15, 0.2) is 8.32 Å². The standard InChI is InChI=1S/C57H91NO13Si/c1-15-43-26-35(2)25-36(3)27-49(66-11)52-50(67-12)29-38(5)57(64,70-52)53(61)54(62)58-24-17-16-21-44(58)55(63)69-51(39(6)47(32-45(43)60)71-72(13,14)56(7,8)9)37(4)28-40-22-23-46(48(31-40)65-10)68-34-42-20-18-19-41(30-42)33-59/h18-20,26,28,30,36,38-40,43-44,46-52,59,64H,15-17,21-25,27,29,31-34H2,1-14H3/b35-26+,37-28?. The molecule has 14 unspecified atom stereocenters. The third kappa shape index (κ3) is 14.6. The molecule has 0 aromatic heterocycles. The first-order chi connectivity index (χ1) is 33.9. The van der Waals surface area contributed by atoms with Crippen LogP contribution in [0, 0.1) is 29.6 Å². The van der Waals surface area contributed by atoms with Crippen molar-refractivity contribution >= 4 is 31.8 Å². The summed E-state index contributed by atoms with van der Waals surface area (Å²) < 4.78 is 44.8. The van der Waals surface area contributed by atoms with Crippen molar-refractivity contribution in [2.75, 3.05) is 27.9 Å². The van der Waals surface area contributed by atoms with Crippen molar-refractivity contribution in [1.82, 2.24) is 4.90 Å². The minimum absolute atomic E-state index is 0.0350. The molecule has 2 saturated heterocycles. The van der Waals surface area contributed by atoms with Crippen LogP contribution in [0.2, 0.25) is 18.1 Å². The number of carbonyl (C=O) groups is 4. The number of allylic oxidation sites excluding steroid dienone is 3. The number of cyclic esters (lactones) is 1. The molecule has 2 N–H and O–H groups in total. The van der Waals surface area contributed by atoms with Crippen molar-refractivity contribution in [2.45, 2.75) is 219 Å². The molecule has 5 rings (SSSR count). The highest BCUT2D eigenvalue weighted by atomic mass is 28.4. The number of methoxy groups -OCH3 is 3. The van der Waals surface area contributed by atoms with Crippen molar-refractivity contribution in [2.24, 2.45) is 29.6 Å². The first kappa shape index (κ1) is 59.7. The third-order valence-corrected chi connectivity index (χ3v) is 21.2. The Morgan fingerprint density at radius 1 is 0.889 bits per heavy atom. The second kappa shape index (κ2) is 26.1. The predicted molar refractivity (Wildman–Crippen MR) is 279 cm³/mol. The lowest BCUT2D eigenvalue weighted by Crippen LogP contribution is -2.64. The summed E-state index contributed by atoms with van der Waals surface area (Å²) in [7, 11) is 2.25. The number of amides is 1. The predicted octanol–water partition coefficient (Wildman–Crippen LogP) is 9.22. The van der Waals surface area contributed by atoms with E-state index in [1.165, 1.54) is 4.90 Å².